The van der Waals surface area contributed by atoms with E-state index in [1.54, 1.807) is 25.4 Å². The molecule has 0 atom stereocenters. The highest BCUT2D eigenvalue weighted by molar-refractivity contribution is 9.10. The van der Waals surface area contributed by atoms with Crippen LogP contribution in [0.2, 0.25) is 0 Å². The Morgan fingerprint density at radius 1 is 1.15 bits per heavy atom. The lowest BCUT2D eigenvalue weighted by atomic mass is 9.95. The number of hydrogen-bond donors (Lipinski definition) is 1. The Hall–Kier alpha value is -2.41. The molecule has 6 nitrogen and oxygen atoms in total. The van der Waals surface area contributed by atoms with E-state index in [1.807, 2.05) is 29.2 Å². The third-order valence-corrected chi connectivity index (χ3v) is 4.99. The van der Waals surface area contributed by atoms with Crippen LogP contribution in [0.5, 0.6) is 5.88 Å². The number of carbonyl (C=O) groups excluding carboxylic acids is 2. The number of piperidine rings is 1. The Bertz CT molecular complexity index is 770. The molecular weight excluding hydrogens is 398 g/mol. The highest BCUT2D eigenvalue weighted by Gasteiger charge is 2.27. The maximum atomic E-state index is 12.5. The van der Waals surface area contributed by atoms with E-state index >= 15 is 0 Å². The van der Waals surface area contributed by atoms with E-state index in [-0.39, 0.29) is 17.7 Å². The summed E-state index contributed by atoms with van der Waals surface area (Å²) in [7, 11) is 1.55. The number of methoxy groups -OCH3 is 1. The first-order chi connectivity index (χ1) is 12.6. The van der Waals surface area contributed by atoms with Gasteiger partial charge in [0.2, 0.25) is 11.8 Å². The predicted molar refractivity (Wildman–Crippen MR) is 102 cm³/mol. The topological polar surface area (TPSA) is 71.5 Å². The predicted octanol–water partition coefficient (Wildman–Crippen LogP) is 3.34. The Kier molecular flexibility index (Phi) is 5.88. The van der Waals surface area contributed by atoms with Crippen LogP contribution in [0.1, 0.15) is 23.2 Å². The minimum Gasteiger partial charge on any atom is -0.481 e. The van der Waals surface area contributed by atoms with Gasteiger partial charge >= 0.3 is 0 Å². The second kappa shape index (κ2) is 8.31. The van der Waals surface area contributed by atoms with Crippen molar-refractivity contribution in [2.45, 2.75) is 12.8 Å². The van der Waals surface area contributed by atoms with E-state index < -0.39 is 0 Å². The Labute approximate surface area is 160 Å². The summed E-state index contributed by atoms with van der Waals surface area (Å²) in [6, 6.07) is 10.8. The number of aromatic nitrogens is 1. The molecule has 136 valence electrons. The van der Waals surface area contributed by atoms with Crippen LogP contribution < -0.4 is 10.1 Å². The van der Waals surface area contributed by atoms with Crippen molar-refractivity contribution in [1.29, 1.82) is 0 Å². The fraction of sp³-hybridized carbons (Fsp3) is 0.316. The zero-order valence-corrected chi connectivity index (χ0v) is 16.0. The Morgan fingerprint density at radius 2 is 1.85 bits per heavy atom. The summed E-state index contributed by atoms with van der Waals surface area (Å²) in [5, 5.41) is 2.88. The SMILES string of the molecule is COc1ccc(NC(=O)C2CCN(C(=O)c3ccc(Br)cc3)CC2)cn1. The van der Waals surface area contributed by atoms with Crippen LogP contribution in [-0.2, 0) is 4.79 Å². The molecule has 2 amide bonds. The maximum Gasteiger partial charge on any atom is 0.253 e. The van der Waals surface area contributed by atoms with Gasteiger partial charge in [-0.15, -0.1) is 0 Å². The fourth-order valence-electron chi connectivity index (χ4n) is 2.94. The number of nitrogens with one attached hydrogen (secondary N) is 1. The van der Waals surface area contributed by atoms with Crippen molar-refractivity contribution >= 4 is 33.4 Å². The molecule has 0 bridgehead atoms. The second-order valence-corrected chi connectivity index (χ2v) is 7.07. The van der Waals surface area contributed by atoms with Crippen molar-refractivity contribution in [3.05, 3.63) is 52.6 Å². The molecule has 1 fully saturated rings. The summed E-state index contributed by atoms with van der Waals surface area (Å²) in [4.78, 5) is 30.8. The van der Waals surface area contributed by atoms with Crippen LogP contribution in [0.3, 0.4) is 0 Å². The molecule has 0 saturated carbocycles. The third-order valence-electron chi connectivity index (χ3n) is 4.46. The van der Waals surface area contributed by atoms with Crippen LogP contribution in [-0.4, -0.2) is 41.9 Å². The van der Waals surface area contributed by atoms with Crippen LogP contribution in [0.15, 0.2) is 47.1 Å². The summed E-state index contributed by atoms with van der Waals surface area (Å²) in [5.74, 6) is 0.372. The van der Waals surface area contributed by atoms with E-state index in [0.717, 1.165) is 4.47 Å². The summed E-state index contributed by atoms with van der Waals surface area (Å²) in [6.07, 6.45) is 2.87. The van der Waals surface area contributed by atoms with Gasteiger partial charge < -0.3 is 15.0 Å². The summed E-state index contributed by atoms with van der Waals surface area (Å²) < 4.78 is 5.95. The van der Waals surface area contributed by atoms with Gasteiger partial charge in [0.05, 0.1) is 19.0 Å². The van der Waals surface area contributed by atoms with Crippen LogP contribution >= 0.6 is 15.9 Å². The molecule has 1 N–H and O–H groups in total. The molecule has 2 heterocycles. The van der Waals surface area contributed by atoms with Gasteiger partial charge in [-0.05, 0) is 43.2 Å². The minimum absolute atomic E-state index is 0.00992. The van der Waals surface area contributed by atoms with Gasteiger partial charge in [0.1, 0.15) is 0 Å². The second-order valence-electron chi connectivity index (χ2n) is 6.15. The number of benzene rings is 1. The zero-order valence-electron chi connectivity index (χ0n) is 14.4. The molecule has 1 saturated heterocycles. The monoisotopic (exact) mass is 417 g/mol. The number of pyridine rings is 1. The number of ether oxygens (including phenoxy) is 1. The largest absolute Gasteiger partial charge is 0.481 e. The summed E-state index contributed by atoms with van der Waals surface area (Å²) in [6.45, 7) is 1.15. The number of nitrogens with zero attached hydrogens (tertiary/aromatic N) is 2. The highest BCUT2D eigenvalue weighted by Crippen LogP contribution is 2.22. The zero-order chi connectivity index (χ0) is 18.5. The van der Waals surface area contributed by atoms with Crippen LogP contribution in [0.4, 0.5) is 5.69 Å². The number of likely N-dealkylation sites (tertiary alicyclic amines) is 1. The van der Waals surface area contributed by atoms with Crippen molar-refractivity contribution in [3.63, 3.8) is 0 Å². The molecule has 0 spiro atoms. The first kappa shape index (κ1) is 18.4. The Morgan fingerprint density at radius 3 is 2.42 bits per heavy atom. The fourth-order valence-corrected chi connectivity index (χ4v) is 3.20. The molecule has 0 radical (unpaired) electrons. The first-order valence-electron chi connectivity index (χ1n) is 8.42. The minimum atomic E-state index is -0.105. The van der Waals surface area contributed by atoms with E-state index in [9.17, 15) is 9.59 Å². The number of halogens is 1. The first-order valence-corrected chi connectivity index (χ1v) is 9.22. The van der Waals surface area contributed by atoms with Gasteiger partial charge in [0, 0.05) is 35.1 Å². The molecule has 1 aromatic heterocycles. The molecule has 2 aromatic rings. The molecule has 7 heteroatoms. The van der Waals surface area contributed by atoms with Crippen LogP contribution in [0, 0.1) is 5.92 Å². The summed E-state index contributed by atoms with van der Waals surface area (Å²) >= 11 is 3.37. The van der Waals surface area contributed by atoms with E-state index in [4.69, 9.17) is 4.74 Å². The number of rotatable bonds is 4. The quantitative estimate of drug-likeness (QED) is 0.827. The van der Waals surface area contributed by atoms with Crippen molar-refractivity contribution < 1.29 is 14.3 Å². The molecular formula is C19H20BrN3O3. The number of amides is 2. The van der Waals surface area contributed by atoms with Gasteiger partial charge in [-0.2, -0.15) is 0 Å². The van der Waals surface area contributed by atoms with Gasteiger partial charge in [-0.1, -0.05) is 15.9 Å². The molecule has 1 aromatic carbocycles. The van der Waals surface area contributed by atoms with Gasteiger partial charge in [-0.3, -0.25) is 9.59 Å². The number of hydrogen-bond acceptors (Lipinski definition) is 4. The average molecular weight is 418 g/mol. The van der Waals surface area contributed by atoms with Crippen molar-refractivity contribution in [2.24, 2.45) is 5.92 Å². The average Bonchev–Trinajstić information content (AvgIpc) is 2.69. The smallest absolute Gasteiger partial charge is 0.253 e. The van der Waals surface area contributed by atoms with Gasteiger partial charge in [-0.25, -0.2) is 4.98 Å². The van der Waals surface area contributed by atoms with Crippen molar-refractivity contribution in [2.75, 3.05) is 25.5 Å². The van der Waals surface area contributed by atoms with E-state index in [2.05, 4.69) is 26.2 Å². The lowest BCUT2D eigenvalue weighted by Crippen LogP contribution is -2.41. The molecule has 26 heavy (non-hydrogen) atoms. The summed E-state index contributed by atoms with van der Waals surface area (Å²) in [5.41, 5.74) is 1.31. The lowest BCUT2D eigenvalue weighted by molar-refractivity contribution is -0.121. The van der Waals surface area contributed by atoms with Crippen molar-refractivity contribution in [3.8, 4) is 5.88 Å². The van der Waals surface area contributed by atoms with Crippen LogP contribution in [0.25, 0.3) is 0 Å². The molecule has 3 rings (SSSR count). The molecule has 1 aliphatic heterocycles. The van der Waals surface area contributed by atoms with Crippen molar-refractivity contribution in [1.82, 2.24) is 9.88 Å². The normalized spacial score (nSPS) is 14.8. The standard InChI is InChI=1S/C19H20BrN3O3/c1-26-17-7-6-16(12-21-17)22-18(24)13-8-10-23(11-9-13)19(25)14-2-4-15(20)5-3-14/h2-7,12-13H,8-11H2,1H3,(H,22,24). The van der Waals surface area contributed by atoms with E-state index in [1.165, 1.54) is 0 Å². The molecule has 1 aliphatic rings. The highest BCUT2D eigenvalue weighted by atomic mass is 79.9. The van der Waals surface area contributed by atoms with Gasteiger partial charge in [0.15, 0.2) is 0 Å². The molecule has 0 aliphatic carbocycles. The molecule has 0 unspecified atom stereocenters. The number of carbonyl (C=O) groups is 2. The lowest BCUT2D eigenvalue weighted by Gasteiger charge is -2.31. The Balaban J connectivity index is 1.53. The van der Waals surface area contributed by atoms with Gasteiger partial charge in [0.25, 0.3) is 5.91 Å². The number of anilines is 1. The third kappa shape index (κ3) is 4.40. The van der Waals surface area contributed by atoms with E-state index in [0.29, 0.717) is 43.1 Å². The maximum absolute atomic E-state index is 12.5.